The molecule has 0 radical (unpaired) electrons. The smallest absolute Gasteiger partial charge is 0.346 e. The third-order valence-electron chi connectivity index (χ3n) is 2.18. The second kappa shape index (κ2) is 6.57. The molecule has 1 aromatic rings. The summed E-state index contributed by atoms with van der Waals surface area (Å²) in [5.41, 5.74) is 5.75. The average Bonchev–Trinajstić information content (AvgIpc) is 2.22. The minimum atomic E-state index is 0. The van der Waals surface area contributed by atoms with E-state index in [4.69, 9.17) is 0 Å². The van der Waals surface area contributed by atoms with Crippen LogP contribution in [0.3, 0.4) is 0 Å². The molecule has 0 heterocycles. The Balaban J connectivity index is 0. The SMILES string of the molecule is Cc1c[c-](C)c(C)c1C.[CH2-]C.[Ti+2]. The summed E-state index contributed by atoms with van der Waals surface area (Å²) in [6, 6.07) is 2.24. The quantitative estimate of drug-likeness (QED) is 0.442. The normalized spacial score (nSPS) is 8.17. The van der Waals surface area contributed by atoms with E-state index in [9.17, 15) is 0 Å². The molecule has 0 N–H and O–H groups in total. The summed E-state index contributed by atoms with van der Waals surface area (Å²) in [4.78, 5) is 0. The number of hydrogen-bond acceptors (Lipinski definition) is 0. The third kappa shape index (κ3) is 3.20. The molecule has 0 fully saturated rings. The Bertz CT molecular complexity index is 199. The van der Waals surface area contributed by atoms with E-state index >= 15 is 0 Å². The molecule has 12 heavy (non-hydrogen) atoms. The molecule has 0 atom stereocenters. The third-order valence-corrected chi connectivity index (χ3v) is 2.18. The van der Waals surface area contributed by atoms with Crippen molar-refractivity contribution < 1.29 is 21.7 Å². The van der Waals surface area contributed by atoms with Gasteiger partial charge in [0.1, 0.15) is 0 Å². The van der Waals surface area contributed by atoms with Gasteiger partial charge in [0, 0.05) is 0 Å². The van der Waals surface area contributed by atoms with E-state index in [2.05, 4.69) is 40.7 Å². The summed E-state index contributed by atoms with van der Waals surface area (Å²) >= 11 is 0. The van der Waals surface area contributed by atoms with Crippen molar-refractivity contribution in [3.8, 4) is 0 Å². The van der Waals surface area contributed by atoms with Gasteiger partial charge in [0.2, 0.25) is 0 Å². The first-order valence-electron chi connectivity index (χ1n) is 4.03. The first kappa shape index (κ1) is 14.6. The van der Waals surface area contributed by atoms with Gasteiger partial charge in [-0.3, -0.25) is 0 Å². The van der Waals surface area contributed by atoms with E-state index in [-0.39, 0.29) is 21.7 Å². The van der Waals surface area contributed by atoms with Crippen molar-refractivity contribution in [2.45, 2.75) is 34.6 Å². The fourth-order valence-corrected chi connectivity index (χ4v) is 1.13. The molecule has 0 bridgehead atoms. The first-order valence-corrected chi connectivity index (χ1v) is 4.03. The Labute approximate surface area is 91.6 Å². The maximum Gasteiger partial charge on any atom is 2.00 e. The van der Waals surface area contributed by atoms with Gasteiger partial charge in [-0.25, -0.2) is 0 Å². The van der Waals surface area contributed by atoms with Crippen molar-refractivity contribution in [3.05, 3.63) is 35.2 Å². The van der Waals surface area contributed by atoms with Crippen LogP contribution in [0.2, 0.25) is 0 Å². The summed E-state index contributed by atoms with van der Waals surface area (Å²) < 4.78 is 0. The second-order valence-corrected chi connectivity index (χ2v) is 2.76. The summed E-state index contributed by atoms with van der Waals surface area (Å²) in [5, 5.41) is 0. The van der Waals surface area contributed by atoms with Gasteiger partial charge in [0.05, 0.1) is 0 Å². The number of aryl methyl sites for hydroxylation is 2. The zero-order valence-corrected chi connectivity index (χ0v) is 10.3. The van der Waals surface area contributed by atoms with Crippen LogP contribution in [0.15, 0.2) is 6.07 Å². The molecule has 0 saturated carbocycles. The molecule has 0 spiro atoms. The Morgan fingerprint density at radius 1 is 1.17 bits per heavy atom. The van der Waals surface area contributed by atoms with Gasteiger partial charge in [-0.2, -0.15) is 35.2 Å². The van der Waals surface area contributed by atoms with Crippen molar-refractivity contribution in [1.29, 1.82) is 0 Å². The molecule has 0 amide bonds. The molecule has 1 aromatic carbocycles. The van der Waals surface area contributed by atoms with E-state index in [1.807, 2.05) is 0 Å². The zero-order chi connectivity index (χ0) is 9.02. The molecular formula is C11H18Ti. The summed E-state index contributed by atoms with van der Waals surface area (Å²) in [5.74, 6) is 0. The van der Waals surface area contributed by atoms with Crippen molar-refractivity contribution in [2.75, 3.05) is 0 Å². The summed E-state index contributed by atoms with van der Waals surface area (Å²) in [6.45, 7) is 13.7. The molecule has 0 unspecified atom stereocenters. The number of hydrogen-bond donors (Lipinski definition) is 0. The summed E-state index contributed by atoms with van der Waals surface area (Å²) in [6.07, 6.45) is 0. The van der Waals surface area contributed by atoms with E-state index in [0.29, 0.717) is 0 Å². The standard InChI is InChI=1S/C9H13.C2H5.Ti/c1-6-5-7(2)9(4)8(6)3;1-2;/h5H,1-4H3;1H2,2H3;/q2*-1;+2. The minimum absolute atomic E-state index is 0. The van der Waals surface area contributed by atoms with Crippen molar-refractivity contribution in [2.24, 2.45) is 0 Å². The summed E-state index contributed by atoms with van der Waals surface area (Å²) in [7, 11) is 0. The Morgan fingerprint density at radius 3 is 1.67 bits per heavy atom. The maximum atomic E-state index is 3.25. The monoisotopic (exact) mass is 198 g/mol. The van der Waals surface area contributed by atoms with E-state index in [1.54, 1.807) is 6.92 Å². The maximum absolute atomic E-state index is 3.25. The molecule has 1 heteroatoms. The van der Waals surface area contributed by atoms with Crippen LogP contribution in [-0.4, -0.2) is 0 Å². The molecule has 66 valence electrons. The predicted molar refractivity (Wildman–Crippen MR) is 52.0 cm³/mol. The van der Waals surface area contributed by atoms with Gasteiger partial charge >= 0.3 is 21.7 Å². The Kier molecular flexibility index (Phi) is 7.98. The predicted octanol–water partition coefficient (Wildman–Crippen LogP) is 3.48. The van der Waals surface area contributed by atoms with Gasteiger partial charge in [0.15, 0.2) is 0 Å². The van der Waals surface area contributed by atoms with Gasteiger partial charge in [-0.05, 0) is 0 Å². The Morgan fingerprint density at radius 2 is 1.58 bits per heavy atom. The Hall–Kier alpha value is 0.0643. The first-order chi connectivity index (χ1) is 5.13. The van der Waals surface area contributed by atoms with E-state index < -0.39 is 0 Å². The molecule has 0 aromatic heterocycles. The molecule has 0 aliphatic heterocycles. The number of rotatable bonds is 0. The largest absolute Gasteiger partial charge is 2.00 e. The topological polar surface area (TPSA) is 0 Å². The van der Waals surface area contributed by atoms with Crippen molar-refractivity contribution in [3.63, 3.8) is 0 Å². The van der Waals surface area contributed by atoms with Crippen LogP contribution in [0, 0.1) is 34.6 Å². The van der Waals surface area contributed by atoms with Crippen molar-refractivity contribution in [1.82, 2.24) is 0 Å². The van der Waals surface area contributed by atoms with Gasteiger partial charge in [-0.1, -0.05) is 27.7 Å². The zero-order valence-electron chi connectivity index (χ0n) is 8.78. The van der Waals surface area contributed by atoms with Gasteiger partial charge in [-0.15, -0.1) is 0 Å². The molecule has 0 saturated heterocycles. The van der Waals surface area contributed by atoms with Crippen LogP contribution >= 0.6 is 0 Å². The molecule has 0 nitrogen and oxygen atoms in total. The van der Waals surface area contributed by atoms with Crippen molar-refractivity contribution >= 4 is 0 Å². The van der Waals surface area contributed by atoms with Crippen LogP contribution in [0.4, 0.5) is 0 Å². The van der Waals surface area contributed by atoms with E-state index in [1.165, 1.54) is 22.3 Å². The fraction of sp³-hybridized carbons (Fsp3) is 0.455. The van der Waals surface area contributed by atoms with Crippen LogP contribution < -0.4 is 0 Å². The van der Waals surface area contributed by atoms with Crippen LogP contribution in [0.5, 0.6) is 0 Å². The fourth-order valence-electron chi connectivity index (χ4n) is 1.13. The molecule has 0 aliphatic carbocycles. The van der Waals surface area contributed by atoms with Gasteiger partial charge < -0.3 is 6.92 Å². The van der Waals surface area contributed by atoms with Crippen LogP contribution in [0.25, 0.3) is 0 Å². The van der Waals surface area contributed by atoms with Gasteiger partial charge in [0.25, 0.3) is 0 Å². The average molecular weight is 198 g/mol. The van der Waals surface area contributed by atoms with Crippen LogP contribution in [0.1, 0.15) is 29.2 Å². The molecule has 0 aliphatic rings. The van der Waals surface area contributed by atoms with Crippen LogP contribution in [-0.2, 0) is 21.7 Å². The second-order valence-electron chi connectivity index (χ2n) is 2.76. The molecule has 1 rings (SSSR count). The minimum Gasteiger partial charge on any atom is -0.346 e. The van der Waals surface area contributed by atoms with E-state index in [0.717, 1.165) is 0 Å². The molecular weight excluding hydrogens is 180 g/mol.